The molecular weight excluding hydrogens is 274 g/mol. The number of amidine groups is 1. The van der Waals surface area contributed by atoms with Gasteiger partial charge in [0.2, 0.25) is 0 Å². The van der Waals surface area contributed by atoms with Crippen LogP contribution in [0.2, 0.25) is 0 Å². The molecule has 0 saturated carbocycles. The lowest BCUT2D eigenvalue weighted by Crippen LogP contribution is -2.36. The van der Waals surface area contributed by atoms with E-state index < -0.39 is 0 Å². The SMILES string of the molecule is CCC1Oc2cc(N)ccc2NC1=Nc1c(C)cccc1C. The second kappa shape index (κ2) is 5.72. The van der Waals surface area contributed by atoms with Crippen molar-refractivity contribution in [3.05, 3.63) is 47.5 Å². The largest absolute Gasteiger partial charge is 0.480 e. The molecule has 22 heavy (non-hydrogen) atoms. The highest BCUT2D eigenvalue weighted by Crippen LogP contribution is 2.34. The zero-order chi connectivity index (χ0) is 15.7. The van der Waals surface area contributed by atoms with Crippen LogP contribution < -0.4 is 15.8 Å². The number of ether oxygens (including phenoxy) is 1. The molecule has 4 nitrogen and oxygen atoms in total. The van der Waals surface area contributed by atoms with Gasteiger partial charge in [-0.25, -0.2) is 4.99 Å². The maximum atomic E-state index is 6.05. The topological polar surface area (TPSA) is 59.6 Å². The number of nitrogens with two attached hydrogens (primary N) is 1. The summed E-state index contributed by atoms with van der Waals surface area (Å²) < 4.78 is 6.05. The molecule has 1 aliphatic rings. The maximum Gasteiger partial charge on any atom is 0.156 e. The van der Waals surface area contributed by atoms with Gasteiger partial charge in [0.15, 0.2) is 6.10 Å². The maximum absolute atomic E-state index is 6.05. The van der Waals surface area contributed by atoms with Crippen molar-refractivity contribution in [2.45, 2.75) is 33.3 Å². The summed E-state index contributed by atoms with van der Waals surface area (Å²) in [5.74, 6) is 1.63. The Balaban J connectivity index is 2.03. The highest BCUT2D eigenvalue weighted by atomic mass is 16.5. The predicted octanol–water partition coefficient (Wildman–Crippen LogP) is 4.20. The average molecular weight is 295 g/mol. The van der Waals surface area contributed by atoms with Crippen molar-refractivity contribution in [1.29, 1.82) is 0 Å². The average Bonchev–Trinajstić information content (AvgIpc) is 2.50. The predicted molar refractivity (Wildman–Crippen MR) is 92.2 cm³/mol. The van der Waals surface area contributed by atoms with Crippen molar-refractivity contribution in [3.8, 4) is 5.75 Å². The second-order valence-corrected chi connectivity index (χ2v) is 5.63. The van der Waals surface area contributed by atoms with E-state index in [2.05, 4.69) is 44.3 Å². The van der Waals surface area contributed by atoms with E-state index in [4.69, 9.17) is 15.5 Å². The number of fused-ring (bicyclic) bond motifs is 1. The van der Waals surface area contributed by atoms with E-state index >= 15 is 0 Å². The number of hydrogen-bond acceptors (Lipinski definition) is 3. The fraction of sp³-hybridized carbons (Fsp3) is 0.278. The van der Waals surface area contributed by atoms with Crippen molar-refractivity contribution in [2.24, 2.45) is 4.99 Å². The fourth-order valence-electron chi connectivity index (χ4n) is 2.65. The smallest absolute Gasteiger partial charge is 0.156 e. The molecule has 0 amide bonds. The third-order valence-electron chi connectivity index (χ3n) is 3.89. The number of hydrogen-bond donors (Lipinski definition) is 2. The molecular formula is C18H21N3O. The Labute approximate surface area is 131 Å². The lowest BCUT2D eigenvalue weighted by molar-refractivity contribution is 0.259. The van der Waals surface area contributed by atoms with Crippen molar-refractivity contribution in [3.63, 3.8) is 0 Å². The van der Waals surface area contributed by atoms with E-state index in [1.54, 1.807) is 0 Å². The molecule has 1 atom stereocenters. The zero-order valence-electron chi connectivity index (χ0n) is 13.2. The summed E-state index contributed by atoms with van der Waals surface area (Å²) >= 11 is 0. The van der Waals surface area contributed by atoms with Crippen LogP contribution in [0.15, 0.2) is 41.4 Å². The molecule has 0 aliphatic carbocycles. The number of nitrogens with one attached hydrogen (secondary N) is 1. The lowest BCUT2D eigenvalue weighted by atomic mass is 10.1. The first-order valence-corrected chi connectivity index (χ1v) is 7.56. The normalized spacial score (nSPS) is 18.5. The Morgan fingerprint density at radius 2 is 1.91 bits per heavy atom. The number of anilines is 2. The van der Waals surface area contributed by atoms with Crippen LogP contribution in [0.1, 0.15) is 24.5 Å². The number of nitrogens with zero attached hydrogens (tertiary/aromatic N) is 1. The van der Waals surface area contributed by atoms with E-state index in [1.165, 1.54) is 0 Å². The molecule has 3 rings (SSSR count). The molecule has 4 heteroatoms. The van der Waals surface area contributed by atoms with Gasteiger partial charge in [0, 0.05) is 11.8 Å². The van der Waals surface area contributed by atoms with Crippen LogP contribution in [-0.4, -0.2) is 11.9 Å². The van der Waals surface area contributed by atoms with Crippen molar-refractivity contribution < 1.29 is 4.74 Å². The first-order valence-electron chi connectivity index (χ1n) is 7.56. The minimum absolute atomic E-state index is 0.0895. The number of benzene rings is 2. The molecule has 0 aromatic heterocycles. The first-order chi connectivity index (χ1) is 10.6. The summed E-state index contributed by atoms with van der Waals surface area (Å²) in [5, 5.41) is 3.40. The molecule has 2 aromatic carbocycles. The van der Waals surface area contributed by atoms with Gasteiger partial charge in [-0.1, -0.05) is 25.1 Å². The highest BCUT2D eigenvalue weighted by Gasteiger charge is 2.24. The van der Waals surface area contributed by atoms with Crippen LogP contribution in [0, 0.1) is 13.8 Å². The van der Waals surface area contributed by atoms with E-state index in [0.29, 0.717) is 5.69 Å². The van der Waals surface area contributed by atoms with Crippen LogP contribution in [0.3, 0.4) is 0 Å². The van der Waals surface area contributed by atoms with Gasteiger partial charge in [0.05, 0.1) is 11.4 Å². The third-order valence-corrected chi connectivity index (χ3v) is 3.89. The quantitative estimate of drug-likeness (QED) is 0.816. The zero-order valence-corrected chi connectivity index (χ0v) is 13.2. The molecule has 2 aromatic rings. The van der Waals surface area contributed by atoms with Crippen LogP contribution in [-0.2, 0) is 0 Å². The highest BCUT2D eigenvalue weighted by molar-refractivity contribution is 6.03. The monoisotopic (exact) mass is 295 g/mol. The fourth-order valence-corrected chi connectivity index (χ4v) is 2.65. The van der Waals surface area contributed by atoms with Gasteiger partial charge in [-0.15, -0.1) is 0 Å². The Morgan fingerprint density at radius 1 is 1.18 bits per heavy atom. The summed E-state index contributed by atoms with van der Waals surface area (Å²) in [4.78, 5) is 4.84. The second-order valence-electron chi connectivity index (χ2n) is 5.63. The molecule has 0 fully saturated rings. The van der Waals surface area contributed by atoms with Gasteiger partial charge in [0.25, 0.3) is 0 Å². The van der Waals surface area contributed by atoms with Gasteiger partial charge in [-0.05, 0) is 43.5 Å². The molecule has 114 valence electrons. The molecule has 0 saturated heterocycles. The Kier molecular flexibility index (Phi) is 3.75. The Hall–Kier alpha value is -2.49. The van der Waals surface area contributed by atoms with E-state index in [-0.39, 0.29) is 6.10 Å². The molecule has 1 aliphatic heterocycles. The van der Waals surface area contributed by atoms with Crippen molar-refractivity contribution in [2.75, 3.05) is 11.1 Å². The summed E-state index contributed by atoms with van der Waals surface area (Å²) in [6.45, 7) is 6.24. The van der Waals surface area contributed by atoms with Crippen molar-refractivity contribution >= 4 is 22.9 Å². The Bertz CT molecular complexity index is 717. The Morgan fingerprint density at radius 3 is 2.59 bits per heavy atom. The number of aryl methyl sites for hydroxylation is 2. The summed E-state index contributed by atoms with van der Waals surface area (Å²) in [6, 6.07) is 11.8. The number of nitrogen functional groups attached to an aromatic ring is 1. The van der Waals surface area contributed by atoms with Crippen molar-refractivity contribution in [1.82, 2.24) is 0 Å². The molecule has 0 spiro atoms. The van der Waals surface area contributed by atoms with E-state index in [1.807, 2.05) is 18.2 Å². The van der Waals surface area contributed by atoms with E-state index in [9.17, 15) is 0 Å². The summed E-state index contributed by atoms with van der Waals surface area (Å²) in [5.41, 5.74) is 10.8. The molecule has 0 radical (unpaired) electrons. The molecule has 1 heterocycles. The van der Waals surface area contributed by atoms with E-state index in [0.717, 1.165) is 40.5 Å². The van der Waals surface area contributed by atoms with Crippen LogP contribution in [0.5, 0.6) is 5.75 Å². The summed E-state index contributed by atoms with van der Waals surface area (Å²) in [6.07, 6.45) is 0.749. The van der Waals surface area contributed by atoms with Gasteiger partial charge >= 0.3 is 0 Å². The van der Waals surface area contributed by atoms with Gasteiger partial charge in [-0.2, -0.15) is 0 Å². The molecule has 3 N–H and O–H groups in total. The molecule has 0 bridgehead atoms. The van der Waals surface area contributed by atoms with Crippen LogP contribution >= 0.6 is 0 Å². The minimum atomic E-state index is -0.0895. The number of para-hydroxylation sites is 1. The van der Waals surface area contributed by atoms with Gasteiger partial charge in [0.1, 0.15) is 11.6 Å². The van der Waals surface area contributed by atoms with Gasteiger partial charge in [-0.3, -0.25) is 0 Å². The van der Waals surface area contributed by atoms with Crippen LogP contribution in [0.25, 0.3) is 0 Å². The lowest BCUT2D eigenvalue weighted by Gasteiger charge is -2.28. The number of rotatable bonds is 2. The first kappa shape index (κ1) is 14.4. The molecule has 1 unspecified atom stereocenters. The summed E-state index contributed by atoms with van der Waals surface area (Å²) in [7, 11) is 0. The standard InChI is InChI=1S/C18H21N3O/c1-4-15-18(21-17-11(2)6-5-7-12(17)3)20-14-9-8-13(19)10-16(14)22-15/h5-10,15H,4,19H2,1-3H3,(H,20,21). The van der Waals surface area contributed by atoms with Gasteiger partial charge < -0.3 is 15.8 Å². The number of aliphatic imine (C=N–C) groups is 1. The third kappa shape index (κ3) is 2.64. The van der Waals surface area contributed by atoms with Crippen LogP contribution in [0.4, 0.5) is 17.1 Å². The minimum Gasteiger partial charge on any atom is -0.480 e.